The second-order valence-corrected chi connectivity index (χ2v) is 8.67. The number of aromatic hydroxyl groups is 1. The number of pyridine rings is 1. The number of amides is 1. The minimum Gasteiger partial charge on any atom is -0.504 e. The lowest BCUT2D eigenvalue weighted by Crippen LogP contribution is -2.41. The van der Waals surface area contributed by atoms with Gasteiger partial charge in [0.05, 0.1) is 17.4 Å². The molecule has 28 heavy (non-hydrogen) atoms. The number of nitrogens with zero attached hydrogens (tertiary/aromatic N) is 2. The van der Waals surface area contributed by atoms with E-state index in [1.54, 1.807) is 4.90 Å². The van der Waals surface area contributed by atoms with Gasteiger partial charge in [-0.1, -0.05) is 11.6 Å². The molecule has 2 aromatic rings. The first-order valence-corrected chi connectivity index (χ1v) is 10.0. The molecule has 1 fully saturated rings. The van der Waals surface area contributed by atoms with Crippen LogP contribution in [0.1, 0.15) is 45.6 Å². The average Bonchev–Trinajstić information content (AvgIpc) is 2.62. The fraction of sp³-hybridized carbons (Fsp3) is 0.545. The molecular weight excluding hydrogens is 354 g/mol. The molecule has 1 aliphatic rings. The van der Waals surface area contributed by atoms with Crippen molar-refractivity contribution in [3.63, 3.8) is 0 Å². The molecule has 1 aromatic heterocycles. The summed E-state index contributed by atoms with van der Waals surface area (Å²) in [5, 5.41) is 14.6. The molecule has 3 rings (SSSR count). The second-order valence-electron chi connectivity index (χ2n) is 8.67. The molecule has 1 saturated heterocycles. The van der Waals surface area contributed by atoms with Crippen LogP contribution in [0.15, 0.2) is 24.4 Å². The Hall–Kier alpha value is -2.50. The van der Waals surface area contributed by atoms with Crippen LogP contribution in [0.5, 0.6) is 5.75 Å². The van der Waals surface area contributed by atoms with Crippen LogP contribution in [0.4, 0.5) is 10.5 Å². The number of benzene rings is 1. The van der Waals surface area contributed by atoms with Gasteiger partial charge in [0.1, 0.15) is 5.60 Å². The Kier molecular flexibility index (Phi) is 5.96. The first-order chi connectivity index (χ1) is 13.2. The topological polar surface area (TPSA) is 74.7 Å². The van der Waals surface area contributed by atoms with Crippen molar-refractivity contribution in [2.24, 2.45) is 5.92 Å². The number of anilines is 1. The molecule has 6 heteroatoms. The lowest BCUT2D eigenvalue weighted by molar-refractivity contribution is 0.0182. The monoisotopic (exact) mass is 385 g/mol. The van der Waals surface area contributed by atoms with Crippen LogP contribution in [-0.4, -0.2) is 46.3 Å². The SMILES string of the molecule is Cc1ccc2ncc(O)c(NCCC3CCN(C(=O)OC(C)(C)C)CC3)c2c1. The van der Waals surface area contributed by atoms with Crippen LogP contribution in [0.3, 0.4) is 0 Å². The number of hydrogen-bond donors (Lipinski definition) is 2. The van der Waals surface area contributed by atoms with E-state index in [-0.39, 0.29) is 11.8 Å². The van der Waals surface area contributed by atoms with Crippen LogP contribution < -0.4 is 5.32 Å². The number of hydrogen-bond acceptors (Lipinski definition) is 5. The van der Waals surface area contributed by atoms with Crippen molar-refractivity contribution in [3.05, 3.63) is 30.0 Å². The van der Waals surface area contributed by atoms with Gasteiger partial charge in [0.25, 0.3) is 0 Å². The number of carbonyl (C=O) groups is 1. The van der Waals surface area contributed by atoms with E-state index in [4.69, 9.17) is 4.74 Å². The van der Waals surface area contributed by atoms with Gasteiger partial charge < -0.3 is 20.1 Å². The van der Waals surface area contributed by atoms with Gasteiger partial charge in [-0.05, 0) is 65.0 Å². The number of likely N-dealkylation sites (tertiary alicyclic amines) is 1. The number of nitrogens with one attached hydrogen (secondary N) is 1. The highest BCUT2D eigenvalue weighted by Crippen LogP contribution is 2.32. The predicted molar refractivity (Wildman–Crippen MR) is 112 cm³/mol. The first-order valence-electron chi connectivity index (χ1n) is 10.0. The molecule has 2 N–H and O–H groups in total. The lowest BCUT2D eigenvalue weighted by atomic mass is 9.93. The van der Waals surface area contributed by atoms with Gasteiger partial charge >= 0.3 is 6.09 Å². The van der Waals surface area contributed by atoms with Crippen molar-refractivity contribution in [2.45, 2.75) is 52.6 Å². The van der Waals surface area contributed by atoms with Gasteiger partial charge in [-0.3, -0.25) is 4.98 Å². The summed E-state index contributed by atoms with van der Waals surface area (Å²) in [6.45, 7) is 9.96. The highest BCUT2D eigenvalue weighted by molar-refractivity contribution is 5.94. The maximum absolute atomic E-state index is 12.2. The summed E-state index contributed by atoms with van der Waals surface area (Å²) in [6, 6.07) is 6.04. The number of piperidine rings is 1. The van der Waals surface area contributed by atoms with Gasteiger partial charge in [0.15, 0.2) is 5.75 Å². The number of aryl methyl sites for hydroxylation is 1. The summed E-state index contributed by atoms with van der Waals surface area (Å²) < 4.78 is 5.46. The van der Waals surface area contributed by atoms with E-state index in [1.807, 2.05) is 45.9 Å². The minimum atomic E-state index is -0.453. The predicted octanol–water partition coefficient (Wildman–Crippen LogP) is 4.70. The Morgan fingerprint density at radius 3 is 2.71 bits per heavy atom. The first kappa shape index (κ1) is 20.2. The van der Waals surface area contributed by atoms with Crippen molar-refractivity contribution in [2.75, 3.05) is 25.0 Å². The molecule has 0 atom stereocenters. The van der Waals surface area contributed by atoms with Crippen LogP contribution >= 0.6 is 0 Å². The maximum atomic E-state index is 12.2. The van der Waals surface area contributed by atoms with E-state index in [9.17, 15) is 9.90 Å². The number of aromatic nitrogens is 1. The zero-order valence-corrected chi connectivity index (χ0v) is 17.3. The summed E-state index contributed by atoms with van der Waals surface area (Å²) in [5.41, 5.74) is 2.31. The number of rotatable bonds is 4. The van der Waals surface area contributed by atoms with Crippen molar-refractivity contribution in [3.8, 4) is 5.75 Å². The summed E-state index contributed by atoms with van der Waals surface area (Å²) in [5.74, 6) is 0.737. The Labute approximate surface area is 166 Å². The summed E-state index contributed by atoms with van der Waals surface area (Å²) in [7, 11) is 0. The van der Waals surface area contributed by atoms with E-state index in [0.717, 1.165) is 61.1 Å². The molecule has 0 bridgehead atoms. The van der Waals surface area contributed by atoms with Crippen molar-refractivity contribution in [1.29, 1.82) is 0 Å². The fourth-order valence-corrected chi connectivity index (χ4v) is 3.61. The van der Waals surface area contributed by atoms with Gasteiger partial charge in [0.2, 0.25) is 0 Å². The fourth-order valence-electron chi connectivity index (χ4n) is 3.61. The molecule has 6 nitrogen and oxygen atoms in total. The van der Waals surface area contributed by atoms with E-state index in [1.165, 1.54) is 6.20 Å². The highest BCUT2D eigenvalue weighted by atomic mass is 16.6. The van der Waals surface area contributed by atoms with Crippen molar-refractivity contribution >= 4 is 22.7 Å². The average molecular weight is 386 g/mol. The van der Waals surface area contributed by atoms with Crippen molar-refractivity contribution in [1.82, 2.24) is 9.88 Å². The molecule has 1 amide bonds. The number of ether oxygens (including phenoxy) is 1. The zero-order chi connectivity index (χ0) is 20.3. The molecule has 1 aromatic carbocycles. The van der Waals surface area contributed by atoms with Crippen LogP contribution in [0.25, 0.3) is 10.9 Å². The molecule has 0 spiro atoms. The highest BCUT2D eigenvalue weighted by Gasteiger charge is 2.26. The van der Waals surface area contributed by atoms with Crippen LogP contribution in [0.2, 0.25) is 0 Å². The Bertz CT molecular complexity index is 832. The van der Waals surface area contributed by atoms with E-state index < -0.39 is 5.60 Å². The minimum absolute atomic E-state index is 0.179. The quantitative estimate of drug-likeness (QED) is 0.798. The lowest BCUT2D eigenvalue weighted by Gasteiger charge is -2.33. The Morgan fingerprint density at radius 2 is 2.04 bits per heavy atom. The Morgan fingerprint density at radius 1 is 1.32 bits per heavy atom. The van der Waals surface area contributed by atoms with Crippen LogP contribution in [-0.2, 0) is 4.74 Å². The molecular formula is C22H31N3O3. The summed E-state index contributed by atoms with van der Waals surface area (Å²) >= 11 is 0. The van der Waals surface area contributed by atoms with Gasteiger partial charge in [-0.2, -0.15) is 0 Å². The van der Waals surface area contributed by atoms with E-state index >= 15 is 0 Å². The Balaban J connectivity index is 1.52. The van der Waals surface area contributed by atoms with Crippen LogP contribution in [0, 0.1) is 12.8 Å². The van der Waals surface area contributed by atoms with Gasteiger partial charge in [0, 0.05) is 25.0 Å². The zero-order valence-electron chi connectivity index (χ0n) is 17.3. The third-order valence-electron chi connectivity index (χ3n) is 5.12. The largest absolute Gasteiger partial charge is 0.504 e. The molecule has 2 heterocycles. The van der Waals surface area contributed by atoms with E-state index in [0.29, 0.717) is 5.92 Å². The summed E-state index contributed by atoms with van der Waals surface area (Å²) in [4.78, 5) is 18.3. The third-order valence-corrected chi connectivity index (χ3v) is 5.12. The number of carbonyl (C=O) groups excluding carboxylic acids is 1. The summed E-state index contributed by atoms with van der Waals surface area (Å²) in [6.07, 6.45) is 4.23. The third kappa shape index (κ3) is 5.06. The maximum Gasteiger partial charge on any atom is 0.410 e. The molecule has 0 radical (unpaired) electrons. The molecule has 0 unspecified atom stereocenters. The molecule has 1 aliphatic heterocycles. The number of fused-ring (bicyclic) bond motifs is 1. The van der Waals surface area contributed by atoms with Gasteiger partial charge in [-0.25, -0.2) is 4.79 Å². The molecule has 152 valence electrons. The second kappa shape index (κ2) is 8.25. The molecule has 0 saturated carbocycles. The van der Waals surface area contributed by atoms with Gasteiger partial charge in [-0.15, -0.1) is 0 Å². The molecule has 0 aliphatic carbocycles. The normalized spacial score (nSPS) is 15.6. The smallest absolute Gasteiger partial charge is 0.410 e. The standard InChI is InChI=1S/C22H31N3O3/c1-15-5-6-18-17(13-15)20(19(26)14-24-18)23-10-7-16-8-11-25(12-9-16)21(27)28-22(2,3)4/h5-6,13-14,16,26H,7-12H2,1-4H3,(H,23,24). The van der Waals surface area contributed by atoms with Crippen molar-refractivity contribution < 1.29 is 14.6 Å². The van der Waals surface area contributed by atoms with E-state index in [2.05, 4.69) is 10.3 Å².